The number of esters is 2. The summed E-state index contributed by atoms with van der Waals surface area (Å²) in [5.41, 5.74) is 1.71. The first-order valence-electron chi connectivity index (χ1n) is 14.0. The molecule has 2 aliphatic heterocycles. The van der Waals surface area contributed by atoms with E-state index >= 15 is 0 Å². The summed E-state index contributed by atoms with van der Waals surface area (Å²) in [4.78, 5) is 37.1. The van der Waals surface area contributed by atoms with Crippen molar-refractivity contribution in [3.05, 3.63) is 59.4 Å². The highest BCUT2D eigenvalue weighted by molar-refractivity contribution is 5.90. The molecule has 2 atom stereocenters. The first-order valence-corrected chi connectivity index (χ1v) is 14.0. The van der Waals surface area contributed by atoms with Crippen molar-refractivity contribution in [1.29, 1.82) is 0 Å². The van der Waals surface area contributed by atoms with Gasteiger partial charge in [0.2, 0.25) is 0 Å². The lowest BCUT2D eigenvalue weighted by molar-refractivity contribution is -0.137. The molecule has 0 bridgehead atoms. The third kappa shape index (κ3) is 8.55. The number of aliphatic hydroxyl groups is 1. The summed E-state index contributed by atoms with van der Waals surface area (Å²) >= 11 is 0. The number of ether oxygens (including phenoxy) is 4. The van der Waals surface area contributed by atoms with Crippen LogP contribution in [0.5, 0.6) is 23.0 Å². The van der Waals surface area contributed by atoms with Crippen molar-refractivity contribution >= 4 is 17.7 Å². The molecule has 2 aliphatic rings. The molecule has 0 aliphatic carbocycles. The predicted octanol–water partition coefficient (Wildman–Crippen LogP) is 3.60. The summed E-state index contributed by atoms with van der Waals surface area (Å²) in [6, 6.07) is 9.86. The van der Waals surface area contributed by atoms with E-state index in [1.54, 1.807) is 36.4 Å². The maximum absolute atomic E-state index is 12.5. The monoisotopic (exact) mass is 566 g/mol. The fourth-order valence-electron chi connectivity index (χ4n) is 4.90. The molecule has 41 heavy (non-hydrogen) atoms. The normalized spacial score (nSPS) is 18.6. The fraction of sp³-hybridized carbons (Fsp3) is 0.452. The highest BCUT2D eigenvalue weighted by Gasteiger charge is 2.26. The molecule has 2 saturated heterocycles. The molecule has 2 aromatic carbocycles. The minimum Gasteiger partial charge on any atom is -0.512 e. The molecule has 3 N–H and O–H groups in total. The number of aryl methyl sites for hydroxylation is 2. The third-order valence-electron chi connectivity index (χ3n) is 7.22. The molecular weight excluding hydrogens is 528 g/mol. The van der Waals surface area contributed by atoms with Gasteiger partial charge in [0, 0.05) is 18.9 Å². The van der Waals surface area contributed by atoms with Gasteiger partial charge in [0.05, 0.1) is 20.0 Å². The second-order valence-corrected chi connectivity index (χ2v) is 10.2. The number of nitrogens with one attached hydrogen (secondary N) is 2. The Morgan fingerprint density at radius 2 is 1.27 bits per heavy atom. The molecule has 10 nitrogen and oxygen atoms in total. The van der Waals surface area contributed by atoms with Crippen molar-refractivity contribution in [2.24, 2.45) is 0 Å². The van der Waals surface area contributed by atoms with Crippen LogP contribution in [0.2, 0.25) is 0 Å². The molecular formula is C31H38N2O8. The summed E-state index contributed by atoms with van der Waals surface area (Å²) in [5, 5.41) is 16.6. The van der Waals surface area contributed by atoms with Crippen LogP contribution in [0.15, 0.2) is 48.2 Å². The van der Waals surface area contributed by atoms with Crippen LogP contribution in [0, 0.1) is 0 Å². The Labute approximate surface area is 240 Å². The number of hydrogen-bond acceptors (Lipinski definition) is 10. The lowest BCUT2D eigenvalue weighted by Crippen LogP contribution is -2.34. The maximum atomic E-state index is 12.5. The van der Waals surface area contributed by atoms with Crippen LogP contribution >= 0.6 is 0 Å². The summed E-state index contributed by atoms with van der Waals surface area (Å²) in [5.74, 6) is 0.653. The number of hydrogen-bond donors (Lipinski definition) is 3. The summed E-state index contributed by atoms with van der Waals surface area (Å²) in [6.07, 6.45) is 6.00. The van der Waals surface area contributed by atoms with E-state index < -0.39 is 0 Å². The zero-order valence-electron chi connectivity index (χ0n) is 23.6. The SMILES string of the molecule is COc1cc(CCC(=O)/C=C(\O)CCc2ccc(OC(=O)C3CCCN3)c(OC)c2)ccc1OC(=O)C1CCCN1. The van der Waals surface area contributed by atoms with Crippen LogP contribution < -0.4 is 29.6 Å². The van der Waals surface area contributed by atoms with Gasteiger partial charge in [-0.25, -0.2) is 9.59 Å². The second-order valence-electron chi connectivity index (χ2n) is 10.2. The quantitative estimate of drug-likeness (QED) is 0.143. The van der Waals surface area contributed by atoms with Crippen molar-refractivity contribution in [2.75, 3.05) is 27.3 Å². The molecule has 10 heteroatoms. The highest BCUT2D eigenvalue weighted by Crippen LogP contribution is 2.31. The molecule has 2 aromatic rings. The number of benzene rings is 2. The van der Waals surface area contributed by atoms with E-state index in [1.165, 1.54) is 20.3 Å². The van der Waals surface area contributed by atoms with Crippen molar-refractivity contribution in [3.8, 4) is 23.0 Å². The standard InChI is InChI=1S/C31H38N2O8/c1-38-28-17-20(9-13-26(28)40-30(36)24-5-3-15-32-24)7-11-22(34)19-23(35)12-8-21-10-14-27(29(18-21)39-2)41-31(37)25-6-4-16-33-25/h9-10,13-14,17-19,24-25,32-34H,3-8,11-12,15-16H2,1-2H3/b22-19-. The Morgan fingerprint density at radius 3 is 1.71 bits per heavy atom. The Balaban J connectivity index is 1.26. The zero-order valence-corrected chi connectivity index (χ0v) is 23.6. The molecule has 220 valence electrons. The van der Waals surface area contributed by atoms with Crippen LogP contribution in [-0.4, -0.2) is 62.2 Å². The minimum absolute atomic E-state index is 0.0165. The molecule has 4 rings (SSSR count). The van der Waals surface area contributed by atoms with Gasteiger partial charge in [0.15, 0.2) is 28.8 Å². The van der Waals surface area contributed by atoms with Gasteiger partial charge in [0.25, 0.3) is 0 Å². The predicted molar refractivity (Wildman–Crippen MR) is 152 cm³/mol. The lowest BCUT2D eigenvalue weighted by atomic mass is 10.0. The average Bonchev–Trinajstić information content (AvgIpc) is 3.71. The molecule has 0 spiro atoms. The van der Waals surface area contributed by atoms with Crippen LogP contribution in [0.1, 0.15) is 49.7 Å². The van der Waals surface area contributed by atoms with Gasteiger partial charge in [-0.1, -0.05) is 12.1 Å². The number of aliphatic hydroxyl groups excluding tert-OH is 1. The first kappa shape index (κ1) is 30.1. The summed E-state index contributed by atoms with van der Waals surface area (Å²) < 4.78 is 21.8. The number of ketones is 1. The van der Waals surface area contributed by atoms with Gasteiger partial charge < -0.3 is 34.7 Å². The number of carbonyl (C=O) groups is 3. The molecule has 0 amide bonds. The van der Waals surface area contributed by atoms with Crippen LogP contribution in [0.4, 0.5) is 0 Å². The summed E-state index contributed by atoms with van der Waals surface area (Å²) in [6.45, 7) is 1.60. The fourth-order valence-corrected chi connectivity index (χ4v) is 4.90. The summed E-state index contributed by atoms with van der Waals surface area (Å²) in [7, 11) is 3.00. The van der Waals surface area contributed by atoms with Gasteiger partial charge in [-0.05, 0) is 87.0 Å². The van der Waals surface area contributed by atoms with Gasteiger partial charge in [-0.3, -0.25) is 4.79 Å². The third-order valence-corrected chi connectivity index (χ3v) is 7.22. The van der Waals surface area contributed by atoms with Gasteiger partial charge >= 0.3 is 11.9 Å². The van der Waals surface area contributed by atoms with E-state index in [9.17, 15) is 19.5 Å². The van der Waals surface area contributed by atoms with Crippen LogP contribution in [-0.2, 0) is 27.2 Å². The molecule has 2 heterocycles. The maximum Gasteiger partial charge on any atom is 0.328 e. The Bertz CT molecular complexity index is 1260. The van der Waals surface area contributed by atoms with E-state index in [1.807, 2.05) is 0 Å². The minimum atomic E-state index is -0.334. The van der Waals surface area contributed by atoms with Gasteiger partial charge in [0.1, 0.15) is 12.1 Å². The Hall–Kier alpha value is -3.89. The largest absolute Gasteiger partial charge is 0.512 e. The van der Waals surface area contributed by atoms with Crippen LogP contribution in [0.25, 0.3) is 0 Å². The highest BCUT2D eigenvalue weighted by atomic mass is 16.6. The number of allylic oxidation sites excluding steroid dienone is 2. The van der Waals surface area contributed by atoms with E-state index in [4.69, 9.17) is 18.9 Å². The van der Waals surface area contributed by atoms with Gasteiger partial charge in [-0.2, -0.15) is 0 Å². The average molecular weight is 567 g/mol. The smallest absolute Gasteiger partial charge is 0.328 e. The number of carbonyl (C=O) groups excluding carboxylic acids is 3. The number of rotatable bonds is 13. The van der Waals surface area contributed by atoms with Crippen molar-refractivity contribution in [3.63, 3.8) is 0 Å². The molecule has 2 fully saturated rings. The molecule has 0 saturated carbocycles. The Morgan fingerprint density at radius 1 is 0.780 bits per heavy atom. The van der Waals surface area contributed by atoms with Crippen molar-refractivity contribution in [2.45, 2.75) is 63.5 Å². The number of methoxy groups -OCH3 is 2. The van der Waals surface area contributed by atoms with E-state index in [2.05, 4.69) is 10.6 Å². The lowest BCUT2D eigenvalue weighted by Gasteiger charge is -2.14. The molecule has 2 unspecified atom stereocenters. The molecule has 0 aromatic heterocycles. The Kier molecular flexibility index (Phi) is 10.8. The van der Waals surface area contributed by atoms with Crippen LogP contribution in [0.3, 0.4) is 0 Å². The molecule has 0 radical (unpaired) electrons. The van der Waals surface area contributed by atoms with E-state index in [-0.39, 0.29) is 48.4 Å². The van der Waals surface area contributed by atoms with Crippen molar-refractivity contribution < 1.29 is 38.4 Å². The van der Waals surface area contributed by atoms with Gasteiger partial charge in [-0.15, -0.1) is 0 Å². The van der Waals surface area contributed by atoms with Crippen molar-refractivity contribution in [1.82, 2.24) is 10.6 Å². The zero-order chi connectivity index (χ0) is 29.2. The first-order chi connectivity index (χ1) is 19.9. The van der Waals surface area contributed by atoms with E-state index in [0.29, 0.717) is 35.8 Å². The second kappa shape index (κ2) is 14.7. The topological polar surface area (TPSA) is 132 Å². The van der Waals surface area contributed by atoms with E-state index in [0.717, 1.165) is 49.9 Å².